The van der Waals surface area contributed by atoms with Gasteiger partial charge in [0.1, 0.15) is 11.5 Å². The van der Waals surface area contributed by atoms with Crippen LogP contribution in [-0.2, 0) is 4.79 Å². The highest BCUT2D eigenvalue weighted by Gasteiger charge is 2.28. The molecule has 104 valence electrons. The number of hydrogen-bond acceptors (Lipinski definition) is 4. The summed E-state index contributed by atoms with van der Waals surface area (Å²) < 4.78 is 13.1. The molecule has 0 bridgehead atoms. The van der Waals surface area contributed by atoms with Gasteiger partial charge in [-0.3, -0.25) is 14.9 Å². The highest BCUT2D eigenvalue weighted by molar-refractivity contribution is 5.99. The highest BCUT2D eigenvalue weighted by Crippen LogP contribution is 2.25. The molecule has 0 heterocycles. The van der Waals surface area contributed by atoms with E-state index < -0.39 is 22.2 Å². The molecule has 0 saturated heterocycles. The zero-order valence-electron chi connectivity index (χ0n) is 11.0. The van der Waals surface area contributed by atoms with Gasteiger partial charge >= 0.3 is 0 Å². The van der Waals surface area contributed by atoms with Gasteiger partial charge in [-0.25, -0.2) is 4.39 Å². The molecule has 2 N–H and O–H groups in total. The topological polar surface area (TPSA) is 84.3 Å². The van der Waals surface area contributed by atoms with Crippen molar-refractivity contribution in [3.05, 3.63) is 34.1 Å². The number of carbonyl (C=O) groups excluding carboxylic acids is 1. The normalized spacial score (nSPS) is 11.2. The maximum absolute atomic E-state index is 13.1. The number of rotatable bonds is 5. The Labute approximate surface area is 110 Å². The summed E-state index contributed by atoms with van der Waals surface area (Å²) in [6.45, 7) is 5.67. The number of halogens is 1. The lowest BCUT2D eigenvalue weighted by atomic mass is 10.0. The number of amides is 1. The second-order valence-electron chi connectivity index (χ2n) is 4.53. The molecule has 0 aliphatic heterocycles. The van der Waals surface area contributed by atoms with Gasteiger partial charge in [-0.2, -0.15) is 0 Å². The van der Waals surface area contributed by atoms with Crippen molar-refractivity contribution in [2.45, 2.75) is 26.3 Å². The van der Waals surface area contributed by atoms with Gasteiger partial charge in [0.25, 0.3) is 5.69 Å². The fraction of sp³-hybridized carbons (Fsp3) is 0.417. The third kappa shape index (κ3) is 3.72. The van der Waals surface area contributed by atoms with Crippen molar-refractivity contribution in [3.63, 3.8) is 0 Å². The van der Waals surface area contributed by atoms with E-state index in [2.05, 4.69) is 10.6 Å². The summed E-state index contributed by atoms with van der Waals surface area (Å²) in [5.74, 6) is -1.12. The van der Waals surface area contributed by atoms with E-state index in [0.29, 0.717) is 6.54 Å². The molecule has 0 unspecified atom stereocenters. The molecule has 0 fully saturated rings. The maximum atomic E-state index is 13.1. The molecule has 1 aromatic rings. The molecule has 6 nitrogen and oxygen atoms in total. The van der Waals surface area contributed by atoms with Gasteiger partial charge in [0.2, 0.25) is 5.91 Å². The maximum Gasteiger partial charge on any atom is 0.292 e. The molecular weight excluding hydrogens is 253 g/mol. The first-order valence-electron chi connectivity index (χ1n) is 5.78. The standard InChI is InChI=1S/C12H16FN3O3/c1-4-14-12(2,3)11(17)15-9-7-8(13)5-6-10(9)16(18)19/h5-7,14H,4H2,1-3H3,(H,15,17). The Bertz CT molecular complexity index is 503. The highest BCUT2D eigenvalue weighted by atomic mass is 19.1. The van der Waals surface area contributed by atoms with Crippen molar-refractivity contribution in [2.24, 2.45) is 0 Å². The lowest BCUT2D eigenvalue weighted by Crippen LogP contribution is -2.49. The number of likely N-dealkylation sites (N-methyl/N-ethyl adjacent to an activating group) is 1. The second kappa shape index (κ2) is 5.75. The van der Waals surface area contributed by atoms with Crippen LogP contribution < -0.4 is 10.6 Å². The van der Waals surface area contributed by atoms with Gasteiger partial charge in [-0.15, -0.1) is 0 Å². The third-order valence-electron chi connectivity index (χ3n) is 2.59. The van der Waals surface area contributed by atoms with Gasteiger partial charge in [-0.1, -0.05) is 6.92 Å². The van der Waals surface area contributed by atoms with E-state index in [4.69, 9.17) is 0 Å². The molecule has 0 radical (unpaired) electrons. The van der Waals surface area contributed by atoms with Gasteiger partial charge in [0.15, 0.2) is 0 Å². The summed E-state index contributed by atoms with van der Waals surface area (Å²) in [6.07, 6.45) is 0. The van der Waals surface area contributed by atoms with Crippen molar-refractivity contribution in [2.75, 3.05) is 11.9 Å². The van der Waals surface area contributed by atoms with Crippen LogP contribution in [0.5, 0.6) is 0 Å². The molecule has 0 atom stereocenters. The Morgan fingerprint density at radius 3 is 2.63 bits per heavy atom. The number of hydrogen-bond donors (Lipinski definition) is 2. The fourth-order valence-electron chi connectivity index (χ4n) is 1.57. The van der Waals surface area contributed by atoms with Gasteiger partial charge < -0.3 is 10.6 Å². The minimum atomic E-state index is -0.908. The molecule has 0 saturated carbocycles. The predicted octanol–water partition coefficient (Wildman–Crippen LogP) is 2.06. The van der Waals surface area contributed by atoms with E-state index in [1.54, 1.807) is 13.8 Å². The lowest BCUT2D eigenvalue weighted by Gasteiger charge is -2.24. The van der Waals surface area contributed by atoms with Crippen molar-refractivity contribution in [1.82, 2.24) is 5.32 Å². The Balaban J connectivity index is 3.02. The summed E-state index contributed by atoms with van der Waals surface area (Å²) in [5, 5.41) is 16.1. The van der Waals surface area contributed by atoms with Crippen molar-refractivity contribution < 1.29 is 14.1 Å². The van der Waals surface area contributed by atoms with E-state index in [0.717, 1.165) is 18.2 Å². The predicted molar refractivity (Wildman–Crippen MR) is 69.4 cm³/mol. The summed E-state index contributed by atoms with van der Waals surface area (Å²) in [7, 11) is 0. The number of nitrogens with one attached hydrogen (secondary N) is 2. The van der Waals surface area contributed by atoms with Crippen LogP contribution in [0, 0.1) is 15.9 Å². The molecule has 0 spiro atoms. The number of anilines is 1. The molecule has 1 rings (SSSR count). The number of nitrogens with zero attached hydrogens (tertiary/aromatic N) is 1. The Hall–Kier alpha value is -2.02. The minimum Gasteiger partial charge on any atom is -0.319 e. The van der Waals surface area contributed by atoms with Gasteiger partial charge in [-0.05, 0) is 26.5 Å². The van der Waals surface area contributed by atoms with E-state index in [1.165, 1.54) is 0 Å². The molecule has 1 amide bonds. The molecule has 7 heteroatoms. The zero-order chi connectivity index (χ0) is 14.6. The van der Waals surface area contributed by atoms with Gasteiger partial charge in [0, 0.05) is 12.1 Å². The van der Waals surface area contributed by atoms with E-state index in [9.17, 15) is 19.3 Å². The van der Waals surface area contributed by atoms with Crippen molar-refractivity contribution in [1.29, 1.82) is 0 Å². The first-order chi connectivity index (χ1) is 8.77. The molecule has 0 aliphatic carbocycles. The summed E-state index contributed by atoms with van der Waals surface area (Å²) in [4.78, 5) is 22.1. The van der Waals surface area contributed by atoms with E-state index in [-0.39, 0.29) is 11.4 Å². The molecular formula is C12H16FN3O3. The monoisotopic (exact) mass is 269 g/mol. The average Bonchev–Trinajstić information content (AvgIpc) is 2.28. The number of nitro groups is 1. The first kappa shape index (κ1) is 15.0. The van der Waals surface area contributed by atoms with Crippen LogP contribution in [0.1, 0.15) is 20.8 Å². The number of carbonyl (C=O) groups is 1. The Morgan fingerprint density at radius 1 is 1.47 bits per heavy atom. The Morgan fingerprint density at radius 2 is 2.11 bits per heavy atom. The van der Waals surface area contributed by atoms with Crippen LogP contribution in [-0.4, -0.2) is 22.9 Å². The number of nitro benzene ring substituents is 1. The fourth-order valence-corrected chi connectivity index (χ4v) is 1.57. The van der Waals surface area contributed by atoms with Crippen LogP contribution in [0.25, 0.3) is 0 Å². The van der Waals surface area contributed by atoms with Crippen LogP contribution in [0.15, 0.2) is 18.2 Å². The first-order valence-corrected chi connectivity index (χ1v) is 5.78. The van der Waals surface area contributed by atoms with Crippen molar-refractivity contribution >= 4 is 17.3 Å². The summed E-state index contributed by atoms with van der Waals surface area (Å²) >= 11 is 0. The summed E-state index contributed by atoms with van der Waals surface area (Å²) in [6, 6.07) is 2.92. The average molecular weight is 269 g/mol. The molecule has 1 aromatic carbocycles. The smallest absolute Gasteiger partial charge is 0.292 e. The van der Waals surface area contributed by atoms with Crippen LogP contribution in [0.2, 0.25) is 0 Å². The summed E-state index contributed by atoms with van der Waals surface area (Å²) in [5.41, 5.74) is -1.40. The number of benzene rings is 1. The van der Waals surface area contributed by atoms with Crippen molar-refractivity contribution in [3.8, 4) is 0 Å². The van der Waals surface area contributed by atoms with E-state index in [1.807, 2.05) is 6.92 Å². The SMILES string of the molecule is CCNC(C)(C)C(=O)Nc1cc(F)ccc1[N+](=O)[O-]. The second-order valence-corrected chi connectivity index (χ2v) is 4.53. The van der Waals surface area contributed by atoms with Crippen LogP contribution in [0.3, 0.4) is 0 Å². The largest absolute Gasteiger partial charge is 0.319 e. The molecule has 0 aliphatic rings. The third-order valence-corrected chi connectivity index (χ3v) is 2.59. The minimum absolute atomic E-state index is 0.152. The van der Waals surface area contributed by atoms with Crippen LogP contribution >= 0.6 is 0 Å². The molecule has 19 heavy (non-hydrogen) atoms. The zero-order valence-corrected chi connectivity index (χ0v) is 11.0. The molecule has 0 aromatic heterocycles. The van der Waals surface area contributed by atoms with Gasteiger partial charge in [0.05, 0.1) is 10.5 Å². The Kier molecular flexibility index (Phi) is 4.55. The quantitative estimate of drug-likeness (QED) is 0.633. The van der Waals surface area contributed by atoms with E-state index >= 15 is 0 Å². The van der Waals surface area contributed by atoms with Crippen LogP contribution in [0.4, 0.5) is 15.8 Å². The lowest BCUT2D eigenvalue weighted by molar-refractivity contribution is -0.384.